The number of nitrogens with one attached hydrogen (secondary N) is 3. The van der Waals surface area contributed by atoms with Gasteiger partial charge in [0.05, 0.1) is 7.05 Å². The van der Waals surface area contributed by atoms with Crippen LogP contribution in [0.2, 0.25) is 0 Å². The molecule has 1 aromatic rings. The van der Waals surface area contributed by atoms with Gasteiger partial charge < -0.3 is 15.5 Å². The van der Waals surface area contributed by atoms with Gasteiger partial charge in [0.1, 0.15) is 0 Å². The van der Waals surface area contributed by atoms with E-state index in [4.69, 9.17) is 0 Å². The molecule has 3 N–H and O–H groups in total. The van der Waals surface area contributed by atoms with E-state index in [1.807, 2.05) is 46.0 Å². The van der Waals surface area contributed by atoms with Gasteiger partial charge in [-0.3, -0.25) is 9.59 Å². The molecule has 0 fully saturated rings. The van der Waals surface area contributed by atoms with E-state index >= 15 is 0 Å². The Morgan fingerprint density at radius 3 is 2.29 bits per heavy atom. The van der Waals surface area contributed by atoms with Crippen molar-refractivity contribution in [3.8, 4) is 0 Å². The summed E-state index contributed by atoms with van der Waals surface area (Å²) in [6.07, 6.45) is 0.970. The lowest BCUT2D eigenvalue weighted by Crippen LogP contribution is -3.15. The van der Waals surface area contributed by atoms with Gasteiger partial charge in [0.25, 0.3) is 11.8 Å². The molecule has 0 heterocycles. The second-order valence-corrected chi connectivity index (χ2v) is 6.73. The van der Waals surface area contributed by atoms with Gasteiger partial charge in [0.2, 0.25) is 0 Å². The first-order valence-corrected chi connectivity index (χ1v) is 8.79. The van der Waals surface area contributed by atoms with Crippen molar-refractivity contribution in [1.29, 1.82) is 0 Å². The van der Waals surface area contributed by atoms with Crippen molar-refractivity contribution < 1.29 is 14.5 Å². The van der Waals surface area contributed by atoms with Crippen molar-refractivity contribution in [3.63, 3.8) is 0 Å². The molecule has 24 heavy (non-hydrogen) atoms. The average Bonchev–Trinajstić information content (AvgIpc) is 2.54. The third-order valence-corrected chi connectivity index (χ3v) is 4.31. The molecule has 0 aromatic heterocycles. The lowest BCUT2D eigenvalue weighted by molar-refractivity contribution is -0.886. The standard InChI is InChI=1S/C19H31N3O2/c1-6-16(17-10-8-7-9-11-17)12-20-19(24)15(4)22(5)13-18(23)21-14(2)3/h7-11,14-16H,6,12-13H2,1-5H3,(H,20,24)(H,21,23)/p+1/t15-,16+/m1/s1. The molecule has 1 aromatic carbocycles. The molecule has 1 unspecified atom stereocenters. The zero-order chi connectivity index (χ0) is 18.1. The first-order valence-electron chi connectivity index (χ1n) is 8.79. The molecule has 5 nitrogen and oxygen atoms in total. The summed E-state index contributed by atoms with van der Waals surface area (Å²) in [5.41, 5.74) is 1.24. The van der Waals surface area contributed by atoms with E-state index in [2.05, 4.69) is 29.7 Å². The van der Waals surface area contributed by atoms with E-state index in [-0.39, 0.29) is 23.9 Å². The number of carbonyl (C=O) groups is 2. The van der Waals surface area contributed by atoms with E-state index in [1.165, 1.54) is 5.56 Å². The number of hydrogen-bond donors (Lipinski definition) is 3. The monoisotopic (exact) mass is 334 g/mol. The number of likely N-dealkylation sites (N-methyl/N-ethyl adjacent to an activating group) is 1. The fourth-order valence-electron chi connectivity index (χ4n) is 2.60. The number of benzene rings is 1. The molecule has 0 aliphatic carbocycles. The lowest BCUT2D eigenvalue weighted by atomic mass is 9.96. The third kappa shape index (κ3) is 6.71. The van der Waals surface area contributed by atoms with Gasteiger partial charge in [-0.2, -0.15) is 0 Å². The summed E-state index contributed by atoms with van der Waals surface area (Å²) >= 11 is 0. The number of carbonyl (C=O) groups excluding carboxylic acids is 2. The Kier molecular flexibility index (Phi) is 8.47. The zero-order valence-corrected chi connectivity index (χ0v) is 15.6. The van der Waals surface area contributed by atoms with Crippen molar-refractivity contribution in [2.24, 2.45) is 0 Å². The molecule has 134 valence electrons. The quantitative estimate of drug-likeness (QED) is 0.623. The summed E-state index contributed by atoms with van der Waals surface area (Å²) in [4.78, 5) is 25.1. The summed E-state index contributed by atoms with van der Waals surface area (Å²) in [7, 11) is 1.87. The SMILES string of the molecule is CC[C@@H](CNC(=O)[C@@H](C)[NH+](C)CC(=O)NC(C)C)c1ccccc1. The van der Waals surface area contributed by atoms with Crippen LogP contribution in [0.15, 0.2) is 30.3 Å². The van der Waals surface area contributed by atoms with Crippen LogP contribution in [0.4, 0.5) is 0 Å². The van der Waals surface area contributed by atoms with Crippen LogP contribution in [0.5, 0.6) is 0 Å². The highest BCUT2D eigenvalue weighted by Crippen LogP contribution is 2.17. The molecule has 0 bridgehead atoms. The van der Waals surface area contributed by atoms with Crippen molar-refractivity contribution in [1.82, 2.24) is 10.6 Å². The van der Waals surface area contributed by atoms with Crippen LogP contribution in [0.25, 0.3) is 0 Å². The van der Waals surface area contributed by atoms with Crippen LogP contribution in [-0.2, 0) is 9.59 Å². The van der Waals surface area contributed by atoms with Gasteiger partial charge in [0.15, 0.2) is 12.6 Å². The Hall–Kier alpha value is -1.88. The number of rotatable bonds is 9. The Labute approximate surface area is 145 Å². The molecule has 5 heteroatoms. The first kappa shape index (κ1) is 20.2. The van der Waals surface area contributed by atoms with Crippen LogP contribution in [0.3, 0.4) is 0 Å². The fraction of sp³-hybridized carbons (Fsp3) is 0.579. The van der Waals surface area contributed by atoms with Crippen LogP contribution in [0.1, 0.15) is 45.6 Å². The molecular formula is C19H32N3O2+. The van der Waals surface area contributed by atoms with E-state index in [9.17, 15) is 9.59 Å². The normalized spacial score (nSPS) is 14.8. The number of hydrogen-bond acceptors (Lipinski definition) is 2. The summed E-state index contributed by atoms with van der Waals surface area (Å²) in [5.74, 6) is 0.268. The molecule has 0 spiro atoms. The minimum atomic E-state index is -0.267. The van der Waals surface area contributed by atoms with Crippen molar-refractivity contribution in [2.75, 3.05) is 20.1 Å². The van der Waals surface area contributed by atoms with Gasteiger partial charge in [-0.05, 0) is 32.8 Å². The van der Waals surface area contributed by atoms with E-state index < -0.39 is 0 Å². The first-order chi connectivity index (χ1) is 11.3. The Morgan fingerprint density at radius 2 is 1.75 bits per heavy atom. The zero-order valence-electron chi connectivity index (χ0n) is 15.6. The van der Waals surface area contributed by atoms with Gasteiger partial charge in [-0.1, -0.05) is 37.3 Å². The van der Waals surface area contributed by atoms with Crippen LogP contribution in [-0.4, -0.2) is 44.0 Å². The highest BCUT2D eigenvalue weighted by atomic mass is 16.2. The molecule has 0 saturated heterocycles. The van der Waals surface area contributed by atoms with Gasteiger partial charge >= 0.3 is 0 Å². The van der Waals surface area contributed by atoms with E-state index in [1.54, 1.807) is 0 Å². The van der Waals surface area contributed by atoms with E-state index in [0.29, 0.717) is 19.0 Å². The predicted molar refractivity (Wildman–Crippen MR) is 97.0 cm³/mol. The molecule has 0 aliphatic heterocycles. The Balaban J connectivity index is 2.49. The van der Waals surface area contributed by atoms with Gasteiger partial charge in [-0.25, -0.2) is 0 Å². The third-order valence-electron chi connectivity index (χ3n) is 4.31. The summed E-state index contributed by atoms with van der Waals surface area (Å²) in [5, 5.41) is 5.89. The predicted octanol–water partition coefficient (Wildman–Crippen LogP) is 0.724. The molecule has 2 amide bonds. The average molecular weight is 334 g/mol. The second-order valence-electron chi connectivity index (χ2n) is 6.73. The van der Waals surface area contributed by atoms with Crippen LogP contribution < -0.4 is 15.5 Å². The van der Waals surface area contributed by atoms with Crippen LogP contribution in [0, 0.1) is 0 Å². The van der Waals surface area contributed by atoms with E-state index in [0.717, 1.165) is 11.3 Å². The number of quaternary nitrogens is 1. The molecule has 0 aliphatic rings. The molecule has 3 atom stereocenters. The Bertz CT molecular complexity index is 517. The summed E-state index contributed by atoms with van der Waals surface area (Å²) in [6.45, 7) is 8.76. The maximum atomic E-state index is 12.4. The highest BCUT2D eigenvalue weighted by molar-refractivity contribution is 5.81. The highest BCUT2D eigenvalue weighted by Gasteiger charge is 2.24. The smallest absolute Gasteiger partial charge is 0.278 e. The molecule has 0 saturated carbocycles. The lowest BCUT2D eigenvalue weighted by Gasteiger charge is -2.22. The largest absolute Gasteiger partial charge is 0.350 e. The van der Waals surface area contributed by atoms with Crippen molar-refractivity contribution in [2.45, 2.75) is 52.1 Å². The summed E-state index contributed by atoms with van der Waals surface area (Å²) < 4.78 is 0. The Morgan fingerprint density at radius 1 is 1.12 bits per heavy atom. The summed E-state index contributed by atoms with van der Waals surface area (Å²) in [6, 6.07) is 10.1. The van der Waals surface area contributed by atoms with Gasteiger partial charge in [-0.15, -0.1) is 0 Å². The van der Waals surface area contributed by atoms with Gasteiger partial charge in [0, 0.05) is 18.5 Å². The molecular weight excluding hydrogens is 302 g/mol. The maximum absolute atomic E-state index is 12.4. The minimum absolute atomic E-state index is 0.0146. The maximum Gasteiger partial charge on any atom is 0.278 e. The molecule has 1 rings (SSSR count). The topological polar surface area (TPSA) is 62.6 Å². The number of amides is 2. The second kappa shape index (κ2) is 10.1. The van der Waals surface area contributed by atoms with Crippen molar-refractivity contribution in [3.05, 3.63) is 35.9 Å². The van der Waals surface area contributed by atoms with Crippen LogP contribution >= 0.6 is 0 Å². The minimum Gasteiger partial charge on any atom is -0.350 e. The van der Waals surface area contributed by atoms with Crippen molar-refractivity contribution >= 4 is 11.8 Å². The molecule has 0 radical (unpaired) electrons. The fourth-order valence-corrected chi connectivity index (χ4v) is 2.60.